The monoisotopic (exact) mass is 467 g/mol. The van der Waals surface area contributed by atoms with Crippen LogP contribution in [0.25, 0.3) is 0 Å². The Labute approximate surface area is 193 Å². The van der Waals surface area contributed by atoms with E-state index in [9.17, 15) is 23.2 Å². The number of halogens is 2. The highest BCUT2D eigenvalue weighted by Gasteiger charge is 2.13. The lowest BCUT2D eigenvalue weighted by atomic mass is 10.2. The number of hydrogen-bond donors (Lipinski definition) is 2. The van der Waals surface area contributed by atoms with Crippen molar-refractivity contribution < 1.29 is 32.6 Å². The molecule has 2 amide bonds. The highest BCUT2D eigenvalue weighted by Crippen LogP contribution is 2.28. The smallest absolute Gasteiger partial charge is 0.343 e. The molecule has 0 unspecified atom stereocenters. The molecule has 0 aliphatic carbocycles. The predicted molar refractivity (Wildman–Crippen MR) is 119 cm³/mol. The molecule has 3 aromatic rings. The van der Waals surface area contributed by atoms with Gasteiger partial charge in [-0.05, 0) is 60.2 Å². The van der Waals surface area contributed by atoms with E-state index in [1.54, 1.807) is 6.07 Å². The Hall–Kier alpha value is -4.60. The van der Waals surface area contributed by atoms with Crippen molar-refractivity contribution in [1.82, 2.24) is 10.7 Å². The van der Waals surface area contributed by atoms with Gasteiger partial charge in [-0.25, -0.2) is 19.0 Å². The summed E-state index contributed by atoms with van der Waals surface area (Å²) in [7, 11) is 1.37. The van der Waals surface area contributed by atoms with Crippen LogP contribution in [0.2, 0.25) is 0 Å². The van der Waals surface area contributed by atoms with Crippen molar-refractivity contribution in [3.8, 4) is 11.5 Å². The molecule has 0 saturated carbocycles. The van der Waals surface area contributed by atoms with Crippen LogP contribution in [-0.4, -0.2) is 37.7 Å². The molecule has 34 heavy (non-hydrogen) atoms. The van der Waals surface area contributed by atoms with E-state index >= 15 is 0 Å². The van der Waals surface area contributed by atoms with Gasteiger partial charge in [-0.3, -0.25) is 9.59 Å². The molecular formula is C24H19F2N3O5. The molecule has 3 aromatic carbocycles. The molecular weight excluding hydrogens is 448 g/mol. The Kier molecular flexibility index (Phi) is 8.01. The molecule has 0 fully saturated rings. The molecule has 0 aromatic heterocycles. The topological polar surface area (TPSA) is 106 Å². The lowest BCUT2D eigenvalue weighted by Crippen LogP contribution is -2.34. The van der Waals surface area contributed by atoms with Gasteiger partial charge >= 0.3 is 5.97 Å². The minimum absolute atomic E-state index is 0.0416. The van der Waals surface area contributed by atoms with E-state index in [4.69, 9.17) is 9.47 Å². The second-order valence-electron chi connectivity index (χ2n) is 6.80. The molecule has 2 N–H and O–H groups in total. The summed E-state index contributed by atoms with van der Waals surface area (Å²) in [5.41, 5.74) is 2.87. The summed E-state index contributed by atoms with van der Waals surface area (Å²) in [5.74, 6) is -2.78. The van der Waals surface area contributed by atoms with Crippen LogP contribution in [0.15, 0.2) is 71.8 Å². The first-order valence-electron chi connectivity index (χ1n) is 9.87. The van der Waals surface area contributed by atoms with Gasteiger partial charge in [-0.2, -0.15) is 5.10 Å². The summed E-state index contributed by atoms with van der Waals surface area (Å²) in [5, 5.41) is 6.14. The Morgan fingerprint density at radius 3 is 2.26 bits per heavy atom. The van der Waals surface area contributed by atoms with Crippen LogP contribution in [0.5, 0.6) is 11.5 Å². The normalized spacial score (nSPS) is 10.6. The number of carbonyl (C=O) groups excluding carboxylic acids is 3. The average Bonchev–Trinajstić information content (AvgIpc) is 2.83. The van der Waals surface area contributed by atoms with Crippen LogP contribution in [-0.2, 0) is 4.79 Å². The van der Waals surface area contributed by atoms with Crippen LogP contribution in [0.4, 0.5) is 8.78 Å². The molecule has 10 heteroatoms. The van der Waals surface area contributed by atoms with Gasteiger partial charge in [0.2, 0.25) is 0 Å². The number of ether oxygens (including phenoxy) is 2. The highest BCUT2D eigenvalue weighted by atomic mass is 19.1. The molecule has 0 atom stereocenters. The Morgan fingerprint density at radius 1 is 0.912 bits per heavy atom. The number of benzene rings is 3. The third kappa shape index (κ3) is 6.70. The van der Waals surface area contributed by atoms with Gasteiger partial charge in [0.15, 0.2) is 11.5 Å². The molecule has 0 radical (unpaired) electrons. The Morgan fingerprint density at radius 2 is 1.59 bits per heavy atom. The van der Waals surface area contributed by atoms with Gasteiger partial charge in [0, 0.05) is 5.56 Å². The second-order valence-corrected chi connectivity index (χ2v) is 6.80. The predicted octanol–water partition coefficient (Wildman–Crippen LogP) is 3.07. The number of nitrogens with one attached hydrogen (secondary N) is 2. The van der Waals surface area contributed by atoms with Crippen molar-refractivity contribution in [2.24, 2.45) is 5.10 Å². The molecule has 0 spiro atoms. The molecule has 3 rings (SSSR count). The number of methoxy groups -OCH3 is 1. The van der Waals surface area contributed by atoms with Crippen molar-refractivity contribution >= 4 is 24.0 Å². The molecule has 8 nitrogen and oxygen atoms in total. The summed E-state index contributed by atoms with van der Waals surface area (Å²) < 4.78 is 37.0. The van der Waals surface area contributed by atoms with Gasteiger partial charge in [0.05, 0.1) is 25.4 Å². The summed E-state index contributed by atoms with van der Waals surface area (Å²) in [4.78, 5) is 36.0. The first-order valence-corrected chi connectivity index (χ1v) is 9.87. The third-order valence-electron chi connectivity index (χ3n) is 4.35. The number of hydrazone groups is 1. The van der Waals surface area contributed by atoms with E-state index in [-0.39, 0.29) is 29.2 Å². The first kappa shape index (κ1) is 24.1. The van der Waals surface area contributed by atoms with Gasteiger partial charge in [-0.1, -0.05) is 12.1 Å². The molecule has 0 aliphatic heterocycles. The Bertz CT molecular complexity index is 1250. The van der Waals surface area contributed by atoms with Crippen LogP contribution in [0.3, 0.4) is 0 Å². The van der Waals surface area contributed by atoms with E-state index in [2.05, 4.69) is 15.8 Å². The van der Waals surface area contributed by atoms with Gasteiger partial charge in [0.25, 0.3) is 11.8 Å². The van der Waals surface area contributed by atoms with Crippen molar-refractivity contribution in [1.29, 1.82) is 0 Å². The van der Waals surface area contributed by atoms with E-state index in [0.717, 1.165) is 12.1 Å². The fraction of sp³-hybridized carbons (Fsp3) is 0.0833. The standard InChI is InChI=1S/C24H19F2N3O5/c1-33-21-10-15(8-9-20(21)34-24(32)17-5-3-7-19(26)12-17)13-28-29-22(30)14-27-23(31)16-4-2-6-18(25)11-16/h2-13H,14H2,1H3,(H,27,31)(H,29,30). The lowest BCUT2D eigenvalue weighted by Gasteiger charge is -2.10. The van der Waals surface area contributed by atoms with Crippen molar-refractivity contribution in [3.63, 3.8) is 0 Å². The van der Waals surface area contributed by atoms with E-state index < -0.39 is 29.4 Å². The number of amides is 2. The fourth-order valence-electron chi connectivity index (χ4n) is 2.73. The van der Waals surface area contributed by atoms with Crippen LogP contribution in [0.1, 0.15) is 26.3 Å². The number of carbonyl (C=O) groups is 3. The minimum atomic E-state index is -0.758. The zero-order valence-corrected chi connectivity index (χ0v) is 17.9. The van der Waals surface area contributed by atoms with Crippen LogP contribution >= 0.6 is 0 Å². The molecule has 0 heterocycles. The second kappa shape index (κ2) is 11.3. The summed E-state index contributed by atoms with van der Waals surface area (Å²) >= 11 is 0. The summed E-state index contributed by atoms with van der Waals surface area (Å²) in [6, 6.07) is 14.7. The largest absolute Gasteiger partial charge is 0.493 e. The van der Waals surface area contributed by atoms with Gasteiger partial charge in [-0.15, -0.1) is 0 Å². The number of nitrogens with zero attached hydrogens (tertiary/aromatic N) is 1. The highest BCUT2D eigenvalue weighted by molar-refractivity contribution is 5.96. The number of esters is 1. The Balaban J connectivity index is 1.54. The molecule has 174 valence electrons. The molecule has 0 bridgehead atoms. The maximum Gasteiger partial charge on any atom is 0.343 e. The van der Waals surface area contributed by atoms with Crippen molar-refractivity contribution in [2.45, 2.75) is 0 Å². The molecule has 0 aliphatic rings. The summed E-state index contributed by atoms with van der Waals surface area (Å²) in [6.07, 6.45) is 1.31. The average molecular weight is 467 g/mol. The number of hydrogen-bond acceptors (Lipinski definition) is 6. The zero-order chi connectivity index (χ0) is 24.5. The van der Waals surface area contributed by atoms with E-state index in [1.807, 2.05) is 0 Å². The van der Waals surface area contributed by atoms with E-state index in [0.29, 0.717) is 5.56 Å². The van der Waals surface area contributed by atoms with Crippen molar-refractivity contribution in [3.05, 3.63) is 95.1 Å². The van der Waals surface area contributed by atoms with Gasteiger partial charge in [0.1, 0.15) is 11.6 Å². The summed E-state index contributed by atoms with van der Waals surface area (Å²) in [6.45, 7) is -0.370. The quantitative estimate of drug-likeness (QED) is 0.229. The molecule has 0 saturated heterocycles. The third-order valence-corrected chi connectivity index (χ3v) is 4.35. The minimum Gasteiger partial charge on any atom is -0.493 e. The lowest BCUT2D eigenvalue weighted by molar-refractivity contribution is -0.120. The van der Waals surface area contributed by atoms with Gasteiger partial charge < -0.3 is 14.8 Å². The number of rotatable bonds is 8. The zero-order valence-electron chi connectivity index (χ0n) is 17.9. The van der Waals surface area contributed by atoms with E-state index in [1.165, 1.54) is 61.9 Å². The van der Waals surface area contributed by atoms with Crippen molar-refractivity contribution in [2.75, 3.05) is 13.7 Å². The fourth-order valence-corrected chi connectivity index (χ4v) is 2.73. The maximum atomic E-state index is 13.3. The maximum absolute atomic E-state index is 13.3. The first-order chi connectivity index (χ1) is 16.4. The van der Waals surface area contributed by atoms with Crippen LogP contribution < -0.4 is 20.2 Å². The SMILES string of the molecule is COc1cc(C=NNC(=O)CNC(=O)c2cccc(F)c2)ccc1OC(=O)c1cccc(F)c1. The van der Waals surface area contributed by atoms with Crippen LogP contribution in [0, 0.1) is 11.6 Å².